The normalized spacial score (nSPS) is 10.1. The molecule has 0 spiro atoms. The number of aldehydes is 1. The van der Waals surface area contributed by atoms with Crippen LogP contribution in [0.1, 0.15) is 15.9 Å². The summed E-state index contributed by atoms with van der Waals surface area (Å²) in [5.41, 5.74) is 0.254. The molecule has 0 atom stereocenters. The molecule has 2 aromatic rings. The number of nitrogens with zero attached hydrogens (tertiary/aromatic N) is 1. The van der Waals surface area contributed by atoms with Crippen LogP contribution in [0.4, 0.5) is 10.1 Å². The Kier molecular flexibility index (Phi) is 4.05. The van der Waals surface area contributed by atoms with E-state index >= 15 is 0 Å². The molecule has 0 aliphatic carbocycles. The largest absolute Gasteiger partial charge is 0.482 e. The van der Waals surface area contributed by atoms with Gasteiger partial charge in [-0.25, -0.2) is 4.39 Å². The molecule has 0 radical (unpaired) electrons. The molecule has 0 saturated heterocycles. The highest BCUT2D eigenvalue weighted by molar-refractivity contribution is 5.76. The zero-order valence-electron chi connectivity index (χ0n) is 10.3. The second-order valence-corrected chi connectivity index (χ2v) is 3.98. The maximum absolute atomic E-state index is 13.4. The summed E-state index contributed by atoms with van der Waals surface area (Å²) in [6, 6.07) is 9.72. The van der Waals surface area contributed by atoms with E-state index in [0.717, 1.165) is 0 Å². The number of carbonyl (C=O) groups is 1. The molecule has 102 valence electrons. The van der Waals surface area contributed by atoms with Gasteiger partial charge in [-0.3, -0.25) is 14.9 Å². The van der Waals surface area contributed by atoms with Crippen LogP contribution in [0.5, 0.6) is 5.75 Å². The number of rotatable bonds is 5. The number of nitro groups is 1. The molecular formula is C14H10FNO4. The van der Waals surface area contributed by atoms with Crippen molar-refractivity contribution in [2.45, 2.75) is 6.61 Å². The van der Waals surface area contributed by atoms with Gasteiger partial charge in [0.25, 0.3) is 0 Å². The minimum Gasteiger partial charge on any atom is -0.482 e. The molecule has 0 N–H and O–H groups in total. The van der Waals surface area contributed by atoms with Gasteiger partial charge in [0.2, 0.25) is 0 Å². The summed E-state index contributed by atoms with van der Waals surface area (Å²) in [6.45, 7) is -0.157. The van der Waals surface area contributed by atoms with Crippen LogP contribution in [0.15, 0.2) is 42.5 Å². The lowest BCUT2D eigenvalue weighted by Crippen LogP contribution is -2.01. The van der Waals surface area contributed by atoms with Gasteiger partial charge in [-0.15, -0.1) is 0 Å². The third kappa shape index (κ3) is 2.97. The molecule has 0 aliphatic rings. The van der Waals surface area contributed by atoms with Gasteiger partial charge in [-0.2, -0.15) is 0 Å². The number of hydrogen-bond acceptors (Lipinski definition) is 4. The molecule has 0 unspecified atom stereocenters. The molecule has 5 nitrogen and oxygen atoms in total. The zero-order valence-corrected chi connectivity index (χ0v) is 10.3. The summed E-state index contributed by atoms with van der Waals surface area (Å²) in [5, 5.41) is 10.9. The minimum absolute atomic E-state index is 0.0668. The fraction of sp³-hybridized carbons (Fsp3) is 0.0714. The number of hydrogen-bond donors (Lipinski definition) is 0. The molecular weight excluding hydrogens is 265 g/mol. The molecule has 0 fully saturated rings. The summed E-state index contributed by atoms with van der Waals surface area (Å²) in [5.74, 6) is -0.524. The van der Waals surface area contributed by atoms with Crippen molar-refractivity contribution in [3.63, 3.8) is 0 Å². The maximum Gasteiger partial charge on any atom is 0.310 e. The first-order valence-corrected chi connectivity index (χ1v) is 5.71. The molecule has 6 heteroatoms. The van der Waals surface area contributed by atoms with Crippen molar-refractivity contribution in [1.29, 1.82) is 0 Å². The Bertz CT molecular complexity index is 657. The smallest absolute Gasteiger partial charge is 0.310 e. The maximum atomic E-state index is 13.4. The first-order valence-electron chi connectivity index (χ1n) is 5.71. The second kappa shape index (κ2) is 5.92. The van der Waals surface area contributed by atoms with Gasteiger partial charge in [-0.05, 0) is 18.2 Å². The van der Waals surface area contributed by atoms with E-state index in [1.165, 1.54) is 36.4 Å². The Morgan fingerprint density at radius 2 is 2.00 bits per heavy atom. The molecule has 0 bridgehead atoms. The van der Waals surface area contributed by atoms with Gasteiger partial charge >= 0.3 is 5.69 Å². The topological polar surface area (TPSA) is 69.4 Å². The van der Waals surface area contributed by atoms with E-state index in [2.05, 4.69) is 0 Å². The van der Waals surface area contributed by atoms with Crippen molar-refractivity contribution in [3.05, 3.63) is 69.5 Å². The average molecular weight is 275 g/mol. The molecule has 0 aliphatic heterocycles. The highest BCUT2D eigenvalue weighted by atomic mass is 19.1. The predicted octanol–water partition coefficient (Wildman–Crippen LogP) is 3.13. The third-order valence-corrected chi connectivity index (χ3v) is 2.66. The van der Waals surface area contributed by atoms with E-state index in [0.29, 0.717) is 6.29 Å². The van der Waals surface area contributed by atoms with Crippen LogP contribution in [0, 0.1) is 15.9 Å². The van der Waals surface area contributed by atoms with Gasteiger partial charge in [0.05, 0.1) is 4.92 Å². The highest BCUT2D eigenvalue weighted by Crippen LogP contribution is 2.28. The Morgan fingerprint density at radius 3 is 2.65 bits per heavy atom. The van der Waals surface area contributed by atoms with Crippen LogP contribution in [0.25, 0.3) is 0 Å². The Balaban J connectivity index is 2.26. The Morgan fingerprint density at radius 1 is 1.25 bits per heavy atom. The predicted molar refractivity (Wildman–Crippen MR) is 69.2 cm³/mol. The molecule has 20 heavy (non-hydrogen) atoms. The summed E-state index contributed by atoms with van der Waals surface area (Å²) in [4.78, 5) is 20.9. The van der Waals surface area contributed by atoms with Gasteiger partial charge in [0.1, 0.15) is 18.7 Å². The summed E-state index contributed by atoms with van der Waals surface area (Å²) in [7, 11) is 0. The van der Waals surface area contributed by atoms with Crippen LogP contribution in [-0.4, -0.2) is 11.2 Å². The standard InChI is InChI=1S/C14H10FNO4/c15-12-4-2-1-3-11(12)9-20-14-7-10(8-17)5-6-13(14)16(18)19/h1-8H,9H2. The fourth-order valence-corrected chi connectivity index (χ4v) is 1.64. The number of carbonyl (C=O) groups excluding carboxylic acids is 1. The van der Waals surface area contributed by atoms with E-state index < -0.39 is 10.7 Å². The quantitative estimate of drug-likeness (QED) is 0.477. The van der Waals surface area contributed by atoms with E-state index in [9.17, 15) is 19.3 Å². The number of benzene rings is 2. The SMILES string of the molecule is O=Cc1ccc([N+](=O)[O-])c(OCc2ccccc2F)c1. The summed E-state index contributed by atoms with van der Waals surface area (Å²) in [6.07, 6.45) is 0.555. The first-order chi connectivity index (χ1) is 9.61. The average Bonchev–Trinajstić information content (AvgIpc) is 2.46. The molecule has 0 heterocycles. The minimum atomic E-state index is -0.620. The van der Waals surface area contributed by atoms with E-state index in [-0.39, 0.29) is 29.2 Å². The second-order valence-electron chi connectivity index (χ2n) is 3.98. The van der Waals surface area contributed by atoms with Crippen molar-refractivity contribution < 1.29 is 18.8 Å². The van der Waals surface area contributed by atoms with Crippen LogP contribution in [0.3, 0.4) is 0 Å². The van der Waals surface area contributed by atoms with Crippen LogP contribution >= 0.6 is 0 Å². The van der Waals surface area contributed by atoms with Crippen LogP contribution < -0.4 is 4.74 Å². The van der Waals surface area contributed by atoms with Crippen molar-refractivity contribution in [3.8, 4) is 5.75 Å². The summed E-state index contributed by atoms with van der Waals surface area (Å²) < 4.78 is 18.7. The van der Waals surface area contributed by atoms with Crippen molar-refractivity contribution >= 4 is 12.0 Å². The van der Waals surface area contributed by atoms with Gasteiger partial charge in [0.15, 0.2) is 5.75 Å². The Hall–Kier alpha value is -2.76. The Labute approximate surface area is 113 Å². The lowest BCUT2D eigenvalue weighted by molar-refractivity contribution is -0.385. The van der Waals surface area contributed by atoms with Crippen LogP contribution in [-0.2, 0) is 6.61 Å². The van der Waals surface area contributed by atoms with Crippen molar-refractivity contribution in [2.75, 3.05) is 0 Å². The lowest BCUT2D eigenvalue weighted by Gasteiger charge is -2.08. The zero-order chi connectivity index (χ0) is 14.5. The molecule has 2 aromatic carbocycles. The fourth-order valence-electron chi connectivity index (χ4n) is 1.64. The van der Waals surface area contributed by atoms with E-state index in [4.69, 9.17) is 4.74 Å². The molecule has 0 amide bonds. The van der Waals surface area contributed by atoms with Crippen molar-refractivity contribution in [2.24, 2.45) is 0 Å². The summed E-state index contributed by atoms with van der Waals surface area (Å²) >= 11 is 0. The van der Waals surface area contributed by atoms with Crippen LogP contribution in [0.2, 0.25) is 0 Å². The first kappa shape index (κ1) is 13.7. The van der Waals surface area contributed by atoms with Gasteiger partial charge in [-0.1, -0.05) is 18.2 Å². The number of halogens is 1. The lowest BCUT2D eigenvalue weighted by atomic mass is 10.2. The third-order valence-electron chi connectivity index (χ3n) is 2.66. The van der Waals surface area contributed by atoms with E-state index in [1.54, 1.807) is 6.07 Å². The van der Waals surface area contributed by atoms with E-state index in [1.807, 2.05) is 0 Å². The molecule has 0 saturated carbocycles. The monoisotopic (exact) mass is 275 g/mol. The number of ether oxygens (including phenoxy) is 1. The molecule has 0 aromatic heterocycles. The van der Waals surface area contributed by atoms with Gasteiger partial charge < -0.3 is 4.74 Å². The van der Waals surface area contributed by atoms with Crippen molar-refractivity contribution in [1.82, 2.24) is 0 Å². The number of nitro benzene ring substituents is 1. The van der Waals surface area contributed by atoms with Gasteiger partial charge in [0, 0.05) is 17.2 Å². The molecule has 2 rings (SSSR count). The highest BCUT2D eigenvalue weighted by Gasteiger charge is 2.16.